The number of nitrogens with zero attached hydrogens (tertiary/aromatic N) is 4. The van der Waals surface area contributed by atoms with E-state index in [2.05, 4.69) is 10.6 Å². The van der Waals surface area contributed by atoms with Gasteiger partial charge in [-0.2, -0.15) is 0 Å². The normalized spacial score (nSPS) is 15.4. The third-order valence-electron chi connectivity index (χ3n) is 11.7. The van der Waals surface area contributed by atoms with E-state index in [1.807, 2.05) is 0 Å². The van der Waals surface area contributed by atoms with Gasteiger partial charge < -0.3 is 48.5 Å². The number of hydrogen-bond donors (Lipinski definition) is 2. The van der Waals surface area contributed by atoms with Crippen molar-refractivity contribution >= 4 is 64.7 Å². The molecule has 0 fully saturated rings. The van der Waals surface area contributed by atoms with Crippen molar-refractivity contribution < 1.29 is 90.6 Å². The number of carbonyl (C=O) groups excluding carboxylic acids is 11. The third kappa shape index (κ3) is 24.3. The number of nitrogens with one attached hydrogen (secondary N) is 2. The topological polar surface area (TPSA) is 299 Å². The SMILES string of the molecule is O=C(CCCOCCOCC(COCCOCCCC(=O)CCN1C(=O)C=CC1=O)(COCCOCCNCCCN1C(=O)C=CC1=O)COCCOCCNC(=O)CCN1C(=O)C=CC1=O)CCN1C(=O)C=CC1=O. The van der Waals surface area contributed by atoms with Crippen LogP contribution >= 0.6 is 0 Å². The lowest BCUT2D eigenvalue weighted by Gasteiger charge is -2.33. The smallest absolute Gasteiger partial charge is 0.253 e. The predicted octanol–water partition coefficient (Wildman–Crippen LogP) is -1.23. The fraction of sp³-hybridized carbons (Fsp3) is 0.627. The molecule has 0 atom stereocenters. The molecule has 2 N–H and O–H groups in total. The second-order valence-corrected chi connectivity index (χ2v) is 17.8. The molecule has 4 aliphatic heterocycles. The average Bonchev–Trinajstić information content (AvgIpc) is 4.12. The first kappa shape index (κ1) is 62.5. The zero-order valence-electron chi connectivity index (χ0n) is 43.1. The highest BCUT2D eigenvalue weighted by molar-refractivity contribution is 6.14. The summed E-state index contributed by atoms with van der Waals surface area (Å²) in [5.41, 5.74) is -0.864. The lowest BCUT2D eigenvalue weighted by molar-refractivity contribution is -0.139. The molecule has 0 aromatic heterocycles. The Bertz CT molecular complexity index is 1860. The molecule has 0 aromatic carbocycles. The van der Waals surface area contributed by atoms with E-state index >= 15 is 0 Å². The first-order valence-corrected chi connectivity index (χ1v) is 25.6. The van der Waals surface area contributed by atoms with Gasteiger partial charge in [0.2, 0.25) is 5.91 Å². The van der Waals surface area contributed by atoms with E-state index in [1.165, 1.54) is 41.4 Å². The van der Waals surface area contributed by atoms with Crippen molar-refractivity contribution in [2.45, 2.75) is 51.4 Å². The van der Waals surface area contributed by atoms with Crippen molar-refractivity contribution in [1.29, 1.82) is 0 Å². The van der Waals surface area contributed by atoms with Crippen LogP contribution in [0.4, 0.5) is 0 Å². The molecule has 420 valence electrons. The van der Waals surface area contributed by atoms with Gasteiger partial charge in [0.25, 0.3) is 47.3 Å². The van der Waals surface area contributed by atoms with Gasteiger partial charge in [-0.15, -0.1) is 0 Å². The van der Waals surface area contributed by atoms with Gasteiger partial charge in [-0.05, 0) is 25.8 Å². The predicted molar refractivity (Wildman–Crippen MR) is 265 cm³/mol. The van der Waals surface area contributed by atoms with Gasteiger partial charge >= 0.3 is 0 Å². The van der Waals surface area contributed by atoms with E-state index in [4.69, 9.17) is 37.9 Å². The molecule has 0 aromatic rings. The van der Waals surface area contributed by atoms with Gasteiger partial charge in [0.05, 0.1) is 97.9 Å². The van der Waals surface area contributed by atoms with Crippen molar-refractivity contribution in [2.75, 3.05) is 152 Å². The zero-order chi connectivity index (χ0) is 54.8. The van der Waals surface area contributed by atoms with Crippen LogP contribution in [0.5, 0.6) is 0 Å². The summed E-state index contributed by atoms with van der Waals surface area (Å²) >= 11 is 0. The first-order valence-electron chi connectivity index (χ1n) is 25.6. The number of Topliss-reactive ketones (excluding diaryl/α,β-unsaturated/α-hetero) is 2. The van der Waals surface area contributed by atoms with Crippen molar-refractivity contribution in [3.05, 3.63) is 48.6 Å². The highest BCUT2D eigenvalue weighted by Crippen LogP contribution is 2.21. The highest BCUT2D eigenvalue weighted by atomic mass is 16.6. The van der Waals surface area contributed by atoms with Crippen LogP contribution in [0.2, 0.25) is 0 Å². The Morgan fingerprint density at radius 3 is 1.04 bits per heavy atom. The highest BCUT2D eigenvalue weighted by Gasteiger charge is 2.33. The quantitative estimate of drug-likeness (QED) is 0.0533. The molecule has 4 aliphatic rings. The maximum absolute atomic E-state index is 12.4. The summed E-state index contributed by atoms with van der Waals surface area (Å²) in [7, 11) is 0. The number of rotatable bonds is 47. The second kappa shape index (κ2) is 36.1. The van der Waals surface area contributed by atoms with Crippen LogP contribution in [0.15, 0.2) is 48.6 Å². The number of amides is 9. The molecular formula is C51H72N6O19. The van der Waals surface area contributed by atoms with Crippen molar-refractivity contribution in [3.63, 3.8) is 0 Å². The van der Waals surface area contributed by atoms with E-state index < -0.39 is 40.9 Å². The Hall–Kier alpha value is -6.03. The summed E-state index contributed by atoms with van der Waals surface area (Å²) in [6.07, 6.45) is 11.5. The van der Waals surface area contributed by atoms with Crippen LogP contribution in [-0.2, 0) is 90.6 Å². The van der Waals surface area contributed by atoms with Gasteiger partial charge in [0, 0.05) is 133 Å². The van der Waals surface area contributed by atoms with E-state index in [1.54, 1.807) is 0 Å². The summed E-state index contributed by atoms with van der Waals surface area (Å²) in [6, 6.07) is 0. The summed E-state index contributed by atoms with van der Waals surface area (Å²) in [4.78, 5) is 135. The Morgan fingerprint density at radius 2 is 0.658 bits per heavy atom. The molecule has 9 amide bonds. The molecule has 76 heavy (non-hydrogen) atoms. The molecule has 0 saturated heterocycles. The lowest BCUT2D eigenvalue weighted by atomic mass is 9.92. The molecule has 4 heterocycles. The summed E-state index contributed by atoms with van der Waals surface area (Å²) in [5.74, 6) is -3.83. The number of imide groups is 4. The van der Waals surface area contributed by atoms with Crippen LogP contribution in [-0.4, -0.2) is 236 Å². The largest absolute Gasteiger partial charge is 0.379 e. The maximum Gasteiger partial charge on any atom is 0.253 e. The van der Waals surface area contributed by atoms with Crippen LogP contribution in [0, 0.1) is 5.41 Å². The molecule has 0 saturated carbocycles. The number of carbonyl (C=O) groups is 11. The second-order valence-electron chi connectivity index (χ2n) is 17.8. The fourth-order valence-corrected chi connectivity index (χ4v) is 7.55. The number of hydrogen-bond acceptors (Lipinski definition) is 20. The Labute approximate surface area is 441 Å². The molecule has 0 bridgehead atoms. The number of ether oxygens (including phenoxy) is 8. The molecule has 25 heteroatoms. The van der Waals surface area contributed by atoms with Crippen LogP contribution in [0.25, 0.3) is 0 Å². The molecule has 25 nitrogen and oxygen atoms in total. The fourth-order valence-electron chi connectivity index (χ4n) is 7.55. The lowest BCUT2D eigenvalue weighted by Crippen LogP contribution is -2.43. The van der Waals surface area contributed by atoms with Crippen molar-refractivity contribution in [2.24, 2.45) is 5.41 Å². The minimum atomic E-state index is -0.864. The monoisotopic (exact) mass is 1070 g/mol. The summed E-state index contributed by atoms with van der Waals surface area (Å²) in [6.45, 7) is 4.81. The van der Waals surface area contributed by atoms with Crippen molar-refractivity contribution in [3.8, 4) is 0 Å². The standard InChI is InChI=1S/C51H72N6O19/c58-40(14-21-55-45(63)8-9-46(55)64)4-1-24-69-28-32-73-36-51(38-75-34-30-71-26-18-52-17-3-20-54-43(61)6-7-44(54)62,37-74-33-29-70-25-2-5-41(59)15-22-56-47(65)10-11-48(56)66)39-76-35-31-72-27-19-53-42(60)16-23-57-49(67)12-13-50(57)68/h6-13,52H,1-5,14-39H2,(H,53,60). The van der Waals surface area contributed by atoms with Gasteiger partial charge in [-0.25, -0.2) is 0 Å². The maximum atomic E-state index is 12.4. The van der Waals surface area contributed by atoms with Crippen LogP contribution in [0.1, 0.15) is 51.4 Å². The molecule has 0 radical (unpaired) electrons. The van der Waals surface area contributed by atoms with E-state index in [9.17, 15) is 52.7 Å². The first-order chi connectivity index (χ1) is 36.8. The Morgan fingerprint density at radius 1 is 0.342 bits per heavy atom. The van der Waals surface area contributed by atoms with E-state index in [0.29, 0.717) is 45.5 Å². The van der Waals surface area contributed by atoms with Crippen LogP contribution in [0.3, 0.4) is 0 Å². The third-order valence-corrected chi connectivity index (χ3v) is 11.7. The van der Waals surface area contributed by atoms with Gasteiger partial charge in [-0.3, -0.25) is 72.3 Å². The summed E-state index contributed by atoms with van der Waals surface area (Å²) in [5, 5.41) is 5.91. The van der Waals surface area contributed by atoms with Crippen LogP contribution < -0.4 is 10.6 Å². The molecule has 0 unspecified atom stereocenters. The molecule has 0 aliphatic carbocycles. The van der Waals surface area contributed by atoms with E-state index in [0.717, 1.165) is 26.9 Å². The summed E-state index contributed by atoms with van der Waals surface area (Å²) < 4.78 is 47.3. The van der Waals surface area contributed by atoms with Gasteiger partial charge in [0.15, 0.2) is 0 Å². The minimum absolute atomic E-state index is 0.0293. The zero-order valence-corrected chi connectivity index (χ0v) is 43.1. The van der Waals surface area contributed by atoms with Crippen molar-refractivity contribution in [1.82, 2.24) is 30.2 Å². The Kier molecular flexibility index (Phi) is 29.7. The minimum Gasteiger partial charge on any atom is -0.379 e. The number of ketones is 2. The van der Waals surface area contributed by atoms with Gasteiger partial charge in [0.1, 0.15) is 11.6 Å². The van der Waals surface area contributed by atoms with Gasteiger partial charge in [-0.1, -0.05) is 0 Å². The molecular weight excluding hydrogens is 1000 g/mol. The Balaban J connectivity index is 1.21. The molecule has 0 spiro atoms. The molecule has 4 rings (SSSR count). The average molecular weight is 1070 g/mol. The van der Waals surface area contributed by atoms with E-state index in [-0.39, 0.29) is 187 Å².